The number of benzene rings is 1. The third-order valence-electron chi connectivity index (χ3n) is 9.65. The smallest absolute Gasteiger partial charge is 0.263 e. The molecule has 4 bridgehead atoms. The van der Waals surface area contributed by atoms with Crippen LogP contribution in [-0.4, -0.2) is 45.1 Å². The van der Waals surface area contributed by atoms with Crippen molar-refractivity contribution in [3.05, 3.63) is 45.4 Å². The van der Waals surface area contributed by atoms with E-state index in [1.165, 1.54) is 50.3 Å². The van der Waals surface area contributed by atoms with Crippen molar-refractivity contribution >= 4 is 46.7 Å². The van der Waals surface area contributed by atoms with Gasteiger partial charge < -0.3 is 5.32 Å². The maximum Gasteiger partial charge on any atom is 0.263 e. The number of imide groups is 2. The molecular weight excluding hydrogens is 544 g/mol. The van der Waals surface area contributed by atoms with Crippen molar-refractivity contribution in [2.45, 2.75) is 94.0 Å². The summed E-state index contributed by atoms with van der Waals surface area (Å²) in [6.45, 7) is 5.76. The summed E-state index contributed by atoms with van der Waals surface area (Å²) in [5, 5.41) is 9.31. The average Bonchev–Trinajstić information content (AvgIpc) is 3.42. The lowest BCUT2D eigenvalue weighted by Crippen LogP contribution is -2.63. The van der Waals surface area contributed by atoms with E-state index in [0.717, 1.165) is 28.1 Å². The SMILES string of the molecule is CC12CC3CC(C)(C1)CC(NCc1csc(CSc4cccc5c4C(=O)N(C4CCC(=O)NC4=O)C5=O)n1)(C3)C2. The molecule has 2 aliphatic heterocycles. The van der Waals surface area contributed by atoms with Crippen molar-refractivity contribution in [2.75, 3.05) is 0 Å². The van der Waals surface area contributed by atoms with Gasteiger partial charge in [0.25, 0.3) is 11.8 Å². The predicted octanol–water partition coefficient (Wildman–Crippen LogP) is 4.68. The Labute approximate surface area is 242 Å². The Bertz CT molecular complexity index is 1430. The van der Waals surface area contributed by atoms with Crippen LogP contribution in [0.1, 0.15) is 96.6 Å². The van der Waals surface area contributed by atoms with Crippen LogP contribution in [0, 0.1) is 16.7 Å². The minimum absolute atomic E-state index is 0.104. The highest BCUT2D eigenvalue weighted by Gasteiger charge is 2.59. The second-order valence-corrected chi connectivity index (χ2v) is 15.4. The number of hydrogen-bond donors (Lipinski definition) is 2. The Morgan fingerprint density at radius 2 is 1.85 bits per heavy atom. The van der Waals surface area contributed by atoms with E-state index in [0.29, 0.717) is 32.6 Å². The van der Waals surface area contributed by atoms with Crippen molar-refractivity contribution in [1.29, 1.82) is 0 Å². The van der Waals surface area contributed by atoms with E-state index in [1.807, 2.05) is 6.07 Å². The molecule has 1 saturated heterocycles. The highest BCUT2D eigenvalue weighted by molar-refractivity contribution is 7.98. The number of rotatable bonds is 7. The van der Waals surface area contributed by atoms with Gasteiger partial charge in [-0.15, -0.1) is 23.1 Å². The molecule has 1 aromatic heterocycles. The second-order valence-electron chi connectivity index (χ2n) is 13.4. The first-order chi connectivity index (χ1) is 19.0. The quantitative estimate of drug-likeness (QED) is 0.363. The maximum absolute atomic E-state index is 13.4. The summed E-state index contributed by atoms with van der Waals surface area (Å²) in [6.07, 6.45) is 8.19. The second kappa shape index (κ2) is 9.22. The average molecular weight is 579 g/mol. The van der Waals surface area contributed by atoms with E-state index >= 15 is 0 Å². The molecule has 1 aromatic carbocycles. The molecule has 2 aromatic rings. The van der Waals surface area contributed by atoms with Gasteiger partial charge in [0.2, 0.25) is 11.8 Å². The van der Waals surface area contributed by atoms with E-state index in [-0.39, 0.29) is 24.3 Å². The summed E-state index contributed by atoms with van der Waals surface area (Å²) in [5.41, 5.74) is 2.86. The molecule has 210 valence electrons. The number of thioether (sulfide) groups is 1. The van der Waals surface area contributed by atoms with Crippen molar-refractivity contribution in [3.8, 4) is 0 Å². The minimum atomic E-state index is -0.962. The number of thiazole rings is 1. The molecule has 0 radical (unpaired) electrons. The van der Waals surface area contributed by atoms with Crippen LogP contribution in [0.2, 0.25) is 0 Å². The van der Waals surface area contributed by atoms with Gasteiger partial charge in [-0.1, -0.05) is 19.9 Å². The van der Waals surface area contributed by atoms with Crippen LogP contribution >= 0.6 is 23.1 Å². The lowest BCUT2D eigenvalue weighted by Gasteiger charge is -2.65. The Hall–Kier alpha value is -2.56. The fourth-order valence-corrected chi connectivity index (χ4v) is 11.0. The van der Waals surface area contributed by atoms with Crippen LogP contribution in [0.5, 0.6) is 0 Å². The summed E-state index contributed by atoms with van der Waals surface area (Å²) in [6, 6.07) is 4.28. The Balaban J connectivity index is 1.02. The zero-order valence-corrected chi connectivity index (χ0v) is 24.5. The molecule has 3 unspecified atom stereocenters. The third-order valence-corrected chi connectivity index (χ3v) is 11.8. The summed E-state index contributed by atoms with van der Waals surface area (Å²) in [7, 11) is 0. The van der Waals surface area contributed by atoms with Gasteiger partial charge in [0.1, 0.15) is 11.0 Å². The Morgan fingerprint density at radius 3 is 2.58 bits per heavy atom. The molecule has 4 saturated carbocycles. The normalized spacial score (nSPS) is 34.5. The van der Waals surface area contributed by atoms with Crippen molar-refractivity contribution in [3.63, 3.8) is 0 Å². The zero-order chi connectivity index (χ0) is 27.9. The molecule has 2 N–H and O–H groups in total. The van der Waals surface area contributed by atoms with Gasteiger partial charge in [0.15, 0.2) is 0 Å². The number of nitrogens with zero attached hydrogens (tertiary/aromatic N) is 2. The van der Waals surface area contributed by atoms with Gasteiger partial charge in [0, 0.05) is 28.8 Å². The van der Waals surface area contributed by atoms with Gasteiger partial charge in [-0.25, -0.2) is 4.98 Å². The van der Waals surface area contributed by atoms with E-state index in [4.69, 9.17) is 4.98 Å². The van der Waals surface area contributed by atoms with E-state index in [1.54, 1.807) is 23.5 Å². The summed E-state index contributed by atoms with van der Waals surface area (Å²) in [4.78, 5) is 57.1. The molecule has 5 fully saturated rings. The van der Waals surface area contributed by atoms with Crippen LogP contribution < -0.4 is 10.6 Å². The monoisotopic (exact) mass is 578 g/mol. The molecular formula is C30H34N4O4S2. The summed E-state index contributed by atoms with van der Waals surface area (Å²) in [5.74, 6) is -0.500. The molecule has 6 aliphatic rings. The number of piperidine rings is 1. The third kappa shape index (κ3) is 4.43. The lowest BCUT2D eigenvalue weighted by molar-refractivity contribution is -0.136. The van der Waals surface area contributed by atoms with Crippen LogP contribution in [0.3, 0.4) is 0 Å². The Kier molecular flexibility index (Phi) is 6.08. The fourth-order valence-electron chi connectivity index (χ4n) is 9.16. The first-order valence-electron chi connectivity index (χ1n) is 14.2. The highest BCUT2D eigenvalue weighted by atomic mass is 32.2. The van der Waals surface area contributed by atoms with Crippen molar-refractivity contribution in [2.24, 2.45) is 16.7 Å². The molecule has 40 heavy (non-hydrogen) atoms. The first kappa shape index (κ1) is 26.3. The number of amides is 4. The van der Waals surface area contributed by atoms with E-state index in [9.17, 15) is 19.2 Å². The number of hydrogen-bond acceptors (Lipinski definition) is 8. The van der Waals surface area contributed by atoms with Crippen molar-refractivity contribution < 1.29 is 19.2 Å². The summed E-state index contributed by atoms with van der Waals surface area (Å²) < 4.78 is 0. The number of fused-ring (bicyclic) bond motifs is 1. The predicted molar refractivity (Wildman–Crippen MR) is 152 cm³/mol. The molecule has 4 aliphatic carbocycles. The van der Waals surface area contributed by atoms with Crippen molar-refractivity contribution in [1.82, 2.24) is 20.5 Å². The molecule has 8 rings (SSSR count). The number of aromatic nitrogens is 1. The van der Waals surface area contributed by atoms with Crippen LogP contribution in [0.15, 0.2) is 28.5 Å². The lowest BCUT2D eigenvalue weighted by atomic mass is 9.43. The summed E-state index contributed by atoms with van der Waals surface area (Å²) >= 11 is 3.11. The van der Waals surface area contributed by atoms with Gasteiger partial charge >= 0.3 is 0 Å². The molecule has 0 spiro atoms. The molecule has 8 nitrogen and oxygen atoms in total. The maximum atomic E-state index is 13.4. The van der Waals surface area contributed by atoms with E-state index in [2.05, 4.69) is 29.9 Å². The number of carbonyl (C=O) groups excluding carboxylic acids is 4. The van der Waals surface area contributed by atoms with Crippen LogP contribution in [0.25, 0.3) is 0 Å². The van der Waals surface area contributed by atoms with Gasteiger partial charge in [-0.3, -0.25) is 29.4 Å². The van der Waals surface area contributed by atoms with Crippen LogP contribution in [-0.2, 0) is 21.9 Å². The zero-order valence-electron chi connectivity index (χ0n) is 22.9. The fraction of sp³-hybridized carbons (Fsp3) is 0.567. The Morgan fingerprint density at radius 1 is 1.07 bits per heavy atom. The number of nitrogens with one attached hydrogen (secondary N) is 2. The van der Waals surface area contributed by atoms with Crippen LogP contribution in [0.4, 0.5) is 0 Å². The van der Waals surface area contributed by atoms with Gasteiger partial charge in [-0.2, -0.15) is 0 Å². The number of carbonyl (C=O) groups is 4. The van der Waals surface area contributed by atoms with Gasteiger partial charge in [-0.05, 0) is 73.8 Å². The van der Waals surface area contributed by atoms with Gasteiger partial charge in [0.05, 0.1) is 22.6 Å². The topological polar surface area (TPSA) is 108 Å². The molecule has 4 amide bonds. The molecule has 3 heterocycles. The highest BCUT2D eigenvalue weighted by Crippen LogP contribution is 2.66. The minimum Gasteiger partial charge on any atom is -0.306 e. The molecule has 10 heteroatoms. The standard InChI is InChI=1S/C30H34N4O4S2/c1-28-8-17-9-29(2,14-28)16-30(10-17,15-28)31-11-18-12-40-23(32-18)13-39-21-5-3-4-19-24(21)27(38)34(26(19)37)20-6-7-22(35)33-25(20)36/h3-5,12,17,20,31H,6-11,13-16H2,1-2H3,(H,33,35,36). The largest absolute Gasteiger partial charge is 0.306 e. The van der Waals surface area contributed by atoms with E-state index < -0.39 is 23.8 Å². The molecule has 3 atom stereocenters. The first-order valence-corrected chi connectivity index (χ1v) is 16.1.